The normalized spacial score (nSPS) is 14.1. The van der Waals surface area contributed by atoms with Crippen molar-refractivity contribution in [3.05, 3.63) is 0 Å². The summed E-state index contributed by atoms with van der Waals surface area (Å²) in [6.07, 6.45) is 1.50. The van der Waals surface area contributed by atoms with E-state index in [0.29, 0.717) is 19.4 Å². The maximum Gasteiger partial charge on any atom is 0.322 e. The van der Waals surface area contributed by atoms with Crippen LogP contribution in [0.15, 0.2) is 0 Å². The zero-order valence-corrected chi connectivity index (χ0v) is 15.1. The first kappa shape index (κ1) is 23.1. The molecule has 0 radical (unpaired) electrons. The summed E-state index contributed by atoms with van der Waals surface area (Å²) < 4.78 is 0. The van der Waals surface area contributed by atoms with Gasteiger partial charge in [-0.15, -0.1) is 0 Å². The molecule has 0 bridgehead atoms. The second kappa shape index (κ2) is 12.5. The fourth-order valence-corrected chi connectivity index (χ4v) is 2.07. The zero-order chi connectivity index (χ0) is 19.4. The van der Waals surface area contributed by atoms with Crippen molar-refractivity contribution < 1.29 is 24.3 Å². The molecule has 11 heteroatoms. The van der Waals surface area contributed by atoms with Crippen molar-refractivity contribution in [3.8, 4) is 0 Å². The van der Waals surface area contributed by atoms with E-state index in [-0.39, 0.29) is 12.2 Å². The maximum absolute atomic E-state index is 12.3. The molecule has 0 aromatic rings. The van der Waals surface area contributed by atoms with Gasteiger partial charge in [0.05, 0.1) is 6.04 Å². The summed E-state index contributed by atoms with van der Waals surface area (Å²) in [6, 6.07) is -2.70. The number of carbonyl (C=O) groups excluding carboxylic acids is 3. The van der Waals surface area contributed by atoms with E-state index in [1.165, 1.54) is 6.92 Å². The molecule has 3 unspecified atom stereocenters. The Bertz CT molecular complexity index is 475. The van der Waals surface area contributed by atoms with E-state index in [9.17, 15) is 19.2 Å². The van der Waals surface area contributed by atoms with Crippen LogP contribution in [0.5, 0.6) is 0 Å². The second-order valence-corrected chi connectivity index (χ2v) is 5.85. The van der Waals surface area contributed by atoms with Gasteiger partial charge in [0, 0.05) is 5.75 Å². The zero-order valence-electron chi connectivity index (χ0n) is 14.2. The predicted molar refractivity (Wildman–Crippen MR) is 94.9 cm³/mol. The number of nitrogens with two attached hydrogens (primary N) is 2. The second-order valence-electron chi connectivity index (χ2n) is 5.49. The number of hydrogen-bond donors (Lipinski definition) is 7. The summed E-state index contributed by atoms with van der Waals surface area (Å²) in [5.74, 6) is -2.94. The standard InChI is InChI=1S/C14H27N5O5S/c1-8(16)12(22)19-10(7-25)14(24)18-9(4-2-3-5-15)13(23)17-6-11(20)21/h8-10,25H,2-7,15-16H2,1H3,(H,17,23)(H,18,24)(H,19,22)(H,20,21). The Balaban J connectivity index is 4.87. The fraction of sp³-hybridized carbons (Fsp3) is 0.714. The highest BCUT2D eigenvalue weighted by Crippen LogP contribution is 2.02. The topological polar surface area (TPSA) is 177 Å². The van der Waals surface area contributed by atoms with Crippen molar-refractivity contribution in [1.29, 1.82) is 0 Å². The molecular formula is C14H27N5O5S. The lowest BCUT2D eigenvalue weighted by Gasteiger charge is -2.22. The van der Waals surface area contributed by atoms with Gasteiger partial charge in [-0.2, -0.15) is 12.6 Å². The smallest absolute Gasteiger partial charge is 0.322 e. The summed E-state index contributed by atoms with van der Waals surface area (Å²) in [5.41, 5.74) is 10.8. The fourth-order valence-electron chi connectivity index (χ4n) is 1.82. The van der Waals surface area contributed by atoms with E-state index < -0.39 is 48.4 Å². The number of nitrogens with one attached hydrogen (secondary N) is 3. The van der Waals surface area contributed by atoms with E-state index >= 15 is 0 Å². The van der Waals surface area contributed by atoms with Crippen LogP contribution in [-0.2, 0) is 19.2 Å². The molecular weight excluding hydrogens is 350 g/mol. The predicted octanol–water partition coefficient (Wildman–Crippen LogP) is -2.44. The van der Waals surface area contributed by atoms with Crippen LogP contribution in [0, 0.1) is 0 Å². The van der Waals surface area contributed by atoms with Crippen LogP contribution < -0.4 is 27.4 Å². The van der Waals surface area contributed by atoms with Gasteiger partial charge < -0.3 is 32.5 Å². The molecule has 144 valence electrons. The van der Waals surface area contributed by atoms with Gasteiger partial charge in [-0.1, -0.05) is 0 Å². The number of thiol groups is 1. The lowest BCUT2D eigenvalue weighted by atomic mass is 10.1. The van der Waals surface area contributed by atoms with E-state index in [2.05, 4.69) is 28.6 Å². The quantitative estimate of drug-likeness (QED) is 0.146. The molecule has 0 fully saturated rings. The Kier molecular flexibility index (Phi) is 11.6. The molecule has 0 saturated carbocycles. The largest absolute Gasteiger partial charge is 0.480 e. The Hall–Kier alpha value is -1.85. The Labute approximate surface area is 151 Å². The summed E-state index contributed by atoms with van der Waals surface area (Å²) in [7, 11) is 0. The maximum atomic E-state index is 12.3. The Morgan fingerprint density at radius 2 is 1.64 bits per heavy atom. The molecule has 10 nitrogen and oxygen atoms in total. The minimum Gasteiger partial charge on any atom is -0.480 e. The number of carboxylic acid groups (broad SMARTS) is 1. The SMILES string of the molecule is CC(N)C(=O)NC(CS)C(=O)NC(CCCCN)C(=O)NCC(=O)O. The van der Waals surface area contributed by atoms with Gasteiger partial charge in [-0.25, -0.2) is 0 Å². The van der Waals surface area contributed by atoms with E-state index in [0.717, 1.165) is 0 Å². The molecule has 0 heterocycles. The molecule has 0 aliphatic rings. The van der Waals surface area contributed by atoms with E-state index in [4.69, 9.17) is 16.6 Å². The van der Waals surface area contributed by atoms with Gasteiger partial charge in [0.1, 0.15) is 18.6 Å². The van der Waals surface area contributed by atoms with E-state index in [1.807, 2.05) is 0 Å². The molecule has 0 saturated heterocycles. The van der Waals surface area contributed by atoms with Crippen LogP contribution in [-0.4, -0.2) is 65.8 Å². The molecule has 3 amide bonds. The van der Waals surface area contributed by atoms with Gasteiger partial charge in [0.2, 0.25) is 17.7 Å². The van der Waals surface area contributed by atoms with Crippen molar-refractivity contribution in [2.24, 2.45) is 11.5 Å². The van der Waals surface area contributed by atoms with Crippen molar-refractivity contribution in [2.45, 2.75) is 44.3 Å². The molecule has 8 N–H and O–H groups in total. The molecule has 0 aliphatic carbocycles. The van der Waals surface area contributed by atoms with Crippen molar-refractivity contribution >= 4 is 36.3 Å². The lowest BCUT2D eigenvalue weighted by Crippen LogP contribution is -2.56. The highest BCUT2D eigenvalue weighted by Gasteiger charge is 2.26. The first-order chi connectivity index (χ1) is 11.7. The first-order valence-electron chi connectivity index (χ1n) is 7.89. The molecule has 25 heavy (non-hydrogen) atoms. The number of hydrogen-bond acceptors (Lipinski definition) is 7. The molecule has 0 rings (SSSR count). The molecule has 0 aromatic carbocycles. The van der Waals surface area contributed by atoms with Gasteiger partial charge in [0.15, 0.2) is 0 Å². The van der Waals surface area contributed by atoms with Crippen LogP contribution in [0.1, 0.15) is 26.2 Å². The monoisotopic (exact) mass is 377 g/mol. The minimum atomic E-state index is -1.20. The molecule has 0 aliphatic heterocycles. The van der Waals surface area contributed by atoms with Crippen molar-refractivity contribution in [3.63, 3.8) is 0 Å². The van der Waals surface area contributed by atoms with Gasteiger partial charge in [-0.3, -0.25) is 19.2 Å². The average Bonchev–Trinajstić information content (AvgIpc) is 2.55. The highest BCUT2D eigenvalue weighted by atomic mass is 32.1. The number of rotatable bonds is 12. The van der Waals surface area contributed by atoms with Gasteiger partial charge >= 0.3 is 5.97 Å². The average molecular weight is 377 g/mol. The van der Waals surface area contributed by atoms with Crippen LogP contribution in [0.25, 0.3) is 0 Å². The summed E-state index contributed by atoms with van der Waals surface area (Å²) in [4.78, 5) is 46.5. The number of aliphatic carboxylic acids is 1. The van der Waals surface area contributed by atoms with Crippen molar-refractivity contribution in [2.75, 3.05) is 18.8 Å². The minimum absolute atomic E-state index is 0.0105. The Morgan fingerprint density at radius 1 is 1.04 bits per heavy atom. The number of unbranched alkanes of at least 4 members (excludes halogenated alkanes) is 1. The van der Waals surface area contributed by atoms with Crippen LogP contribution in [0.3, 0.4) is 0 Å². The lowest BCUT2D eigenvalue weighted by molar-refractivity contribution is -0.138. The number of carboxylic acids is 1. The molecule has 0 aromatic heterocycles. The van der Waals surface area contributed by atoms with E-state index in [1.54, 1.807) is 0 Å². The number of amides is 3. The number of carbonyl (C=O) groups is 4. The van der Waals surface area contributed by atoms with Gasteiger partial charge in [0.25, 0.3) is 0 Å². The summed E-state index contributed by atoms with van der Waals surface area (Å²) >= 11 is 4.01. The molecule has 0 spiro atoms. The molecule has 3 atom stereocenters. The third kappa shape index (κ3) is 9.89. The van der Waals surface area contributed by atoms with Crippen LogP contribution >= 0.6 is 12.6 Å². The van der Waals surface area contributed by atoms with Crippen LogP contribution in [0.4, 0.5) is 0 Å². The third-order valence-electron chi connectivity index (χ3n) is 3.22. The summed E-state index contributed by atoms with van der Waals surface area (Å²) in [6.45, 7) is 1.35. The Morgan fingerprint density at radius 3 is 2.12 bits per heavy atom. The van der Waals surface area contributed by atoms with Gasteiger partial charge in [-0.05, 0) is 32.7 Å². The van der Waals surface area contributed by atoms with Crippen LogP contribution in [0.2, 0.25) is 0 Å². The third-order valence-corrected chi connectivity index (χ3v) is 3.59. The van der Waals surface area contributed by atoms with Crippen molar-refractivity contribution in [1.82, 2.24) is 16.0 Å². The summed E-state index contributed by atoms with van der Waals surface area (Å²) in [5, 5.41) is 15.8. The first-order valence-corrected chi connectivity index (χ1v) is 8.52. The highest BCUT2D eigenvalue weighted by molar-refractivity contribution is 7.80.